The van der Waals surface area contributed by atoms with Crippen LogP contribution in [0.5, 0.6) is 0 Å². The van der Waals surface area contributed by atoms with Gasteiger partial charge in [0.15, 0.2) is 8.32 Å². The molecule has 1 fully saturated rings. The van der Waals surface area contributed by atoms with Crippen molar-refractivity contribution >= 4 is 37.7 Å². The standard InChI is InChI=1S/C44H54FN3O6Si/c1-29(2)41-40(43(52)46-34-17-13-10-14-18-34)39(31-15-11-9-12-16-31)42(32-19-21-33(45)22-20-32)47(41)26-25-30(3)27-35(54-55(7,8)44(4,5)6)28-38(51)53-48-36(49)23-24-37(48)50/h9-22,29-30,35H,23-28H2,1-8H3,(H,46,52)/t30-,35-/m1/s1. The van der Waals surface area contributed by atoms with Gasteiger partial charge in [-0.05, 0) is 90.3 Å². The molecule has 0 saturated carbocycles. The van der Waals surface area contributed by atoms with Crippen LogP contribution < -0.4 is 5.32 Å². The zero-order valence-corrected chi connectivity index (χ0v) is 34.3. The second kappa shape index (κ2) is 17.3. The van der Waals surface area contributed by atoms with Crippen molar-refractivity contribution in [2.75, 3.05) is 5.32 Å². The van der Waals surface area contributed by atoms with Crippen LogP contribution >= 0.6 is 0 Å². The Morgan fingerprint density at radius 2 is 1.44 bits per heavy atom. The number of nitrogens with zero attached hydrogens (tertiary/aromatic N) is 2. The first-order valence-corrected chi connectivity index (χ1v) is 22.1. The summed E-state index contributed by atoms with van der Waals surface area (Å²) < 4.78 is 23.4. The van der Waals surface area contributed by atoms with Crippen LogP contribution in [0.1, 0.15) is 95.6 Å². The molecule has 1 aliphatic rings. The summed E-state index contributed by atoms with van der Waals surface area (Å²) in [7, 11) is -2.36. The fourth-order valence-corrected chi connectivity index (χ4v) is 8.24. The molecule has 1 N–H and O–H groups in total. The second-order valence-corrected chi connectivity index (χ2v) is 21.1. The Labute approximate surface area is 325 Å². The molecule has 4 aromatic rings. The number of amides is 3. The van der Waals surface area contributed by atoms with Crippen LogP contribution in [-0.4, -0.2) is 47.7 Å². The number of carbonyl (C=O) groups is 4. The number of carbonyl (C=O) groups excluding carboxylic acids is 4. The first kappa shape index (κ1) is 41.3. The van der Waals surface area contributed by atoms with Crippen LogP contribution in [0.4, 0.5) is 10.1 Å². The predicted molar refractivity (Wildman–Crippen MR) is 216 cm³/mol. The summed E-state index contributed by atoms with van der Waals surface area (Å²) in [6, 6.07) is 25.6. The largest absolute Gasteiger partial charge is 0.413 e. The summed E-state index contributed by atoms with van der Waals surface area (Å²) in [6.07, 6.45) is 0.581. The van der Waals surface area contributed by atoms with Crippen LogP contribution in [0, 0.1) is 11.7 Å². The Morgan fingerprint density at radius 1 is 0.855 bits per heavy atom. The minimum absolute atomic E-state index is 0.0202. The molecule has 5 rings (SSSR count). The Hall–Kier alpha value is -4.87. The fraction of sp³-hybridized carbons (Fsp3) is 0.409. The van der Waals surface area contributed by atoms with Gasteiger partial charge < -0.3 is 19.1 Å². The quantitative estimate of drug-likeness (QED) is 0.0954. The third-order valence-corrected chi connectivity index (χ3v) is 15.2. The Bertz CT molecular complexity index is 1970. The van der Waals surface area contributed by atoms with Gasteiger partial charge in [0.1, 0.15) is 5.82 Å². The van der Waals surface area contributed by atoms with Gasteiger partial charge in [-0.25, -0.2) is 9.18 Å². The maximum absolute atomic E-state index is 14.5. The first-order chi connectivity index (χ1) is 26.0. The molecule has 2 heterocycles. The normalized spacial score (nSPS) is 14.7. The van der Waals surface area contributed by atoms with Crippen molar-refractivity contribution in [2.45, 2.75) is 110 Å². The van der Waals surface area contributed by atoms with Crippen LogP contribution in [0.15, 0.2) is 84.9 Å². The number of benzene rings is 3. The van der Waals surface area contributed by atoms with E-state index in [4.69, 9.17) is 9.26 Å². The second-order valence-electron chi connectivity index (χ2n) is 16.4. The van der Waals surface area contributed by atoms with Gasteiger partial charge in [0.2, 0.25) is 0 Å². The molecule has 0 radical (unpaired) electrons. The molecule has 1 aromatic heterocycles. The minimum Gasteiger partial charge on any atom is -0.413 e. The number of aromatic nitrogens is 1. The summed E-state index contributed by atoms with van der Waals surface area (Å²) in [5.41, 5.74) is 5.33. The Kier molecular flexibility index (Phi) is 13.0. The molecule has 0 bridgehead atoms. The van der Waals surface area contributed by atoms with Crippen molar-refractivity contribution in [3.63, 3.8) is 0 Å². The van der Waals surface area contributed by atoms with Crippen molar-refractivity contribution < 1.29 is 32.8 Å². The van der Waals surface area contributed by atoms with E-state index in [0.29, 0.717) is 35.7 Å². The summed E-state index contributed by atoms with van der Waals surface area (Å²) in [4.78, 5) is 57.3. The monoisotopic (exact) mass is 767 g/mol. The number of rotatable bonds is 15. The van der Waals surface area contributed by atoms with E-state index in [1.807, 2.05) is 60.7 Å². The van der Waals surface area contributed by atoms with Crippen molar-refractivity contribution in [1.29, 1.82) is 0 Å². The van der Waals surface area contributed by atoms with Crippen LogP contribution in [0.25, 0.3) is 22.4 Å². The SMILES string of the molecule is CC(C)c1c(C(=O)Nc2ccccc2)c(-c2ccccc2)c(-c2ccc(F)cc2)n1CC[C@@H](C)C[C@H](CC(=O)ON1C(=O)CCC1=O)O[Si](C)(C)C(C)(C)C. The van der Waals surface area contributed by atoms with Gasteiger partial charge in [-0.1, -0.05) is 90.1 Å². The molecule has 2 atom stereocenters. The first-order valence-electron chi connectivity index (χ1n) is 19.1. The molecule has 0 unspecified atom stereocenters. The van der Waals surface area contributed by atoms with E-state index in [0.717, 1.165) is 28.1 Å². The molecule has 9 nitrogen and oxygen atoms in total. The molecule has 0 aliphatic carbocycles. The maximum atomic E-state index is 14.5. The van der Waals surface area contributed by atoms with E-state index >= 15 is 0 Å². The maximum Gasteiger partial charge on any atom is 0.335 e. The zero-order valence-electron chi connectivity index (χ0n) is 33.3. The van der Waals surface area contributed by atoms with E-state index in [2.05, 4.69) is 64.5 Å². The molecule has 292 valence electrons. The van der Waals surface area contributed by atoms with Crippen molar-refractivity contribution in [3.05, 3.63) is 102 Å². The molecule has 1 saturated heterocycles. The van der Waals surface area contributed by atoms with Crippen LogP contribution in [0.3, 0.4) is 0 Å². The topological polar surface area (TPSA) is 107 Å². The molecule has 55 heavy (non-hydrogen) atoms. The van der Waals surface area contributed by atoms with Crippen molar-refractivity contribution in [1.82, 2.24) is 9.63 Å². The third-order valence-electron chi connectivity index (χ3n) is 10.7. The van der Waals surface area contributed by atoms with E-state index in [1.165, 1.54) is 12.1 Å². The van der Waals surface area contributed by atoms with Crippen molar-refractivity contribution in [3.8, 4) is 22.4 Å². The Balaban J connectivity index is 1.53. The van der Waals surface area contributed by atoms with Crippen molar-refractivity contribution in [2.24, 2.45) is 5.92 Å². The van der Waals surface area contributed by atoms with Gasteiger partial charge in [0.05, 0.1) is 23.8 Å². The Morgan fingerprint density at radius 3 is 2.00 bits per heavy atom. The average molecular weight is 768 g/mol. The molecule has 0 spiro atoms. The van der Waals surface area contributed by atoms with E-state index in [1.54, 1.807) is 12.1 Å². The van der Waals surface area contributed by atoms with E-state index in [9.17, 15) is 23.6 Å². The number of hydrogen-bond donors (Lipinski definition) is 1. The summed E-state index contributed by atoms with van der Waals surface area (Å²) >= 11 is 0. The third kappa shape index (κ3) is 9.87. The molecular weight excluding hydrogens is 714 g/mol. The number of anilines is 1. The van der Waals surface area contributed by atoms with E-state index in [-0.39, 0.29) is 47.9 Å². The molecule has 3 aromatic carbocycles. The van der Waals surface area contributed by atoms with Gasteiger partial charge in [-0.3, -0.25) is 14.4 Å². The molecule has 1 aliphatic heterocycles. The van der Waals surface area contributed by atoms with Gasteiger partial charge in [-0.2, -0.15) is 0 Å². The highest BCUT2D eigenvalue weighted by molar-refractivity contribution is 6.74. The molecular formula is C44H54FN3O6Si. The van der Waals surface area contributed by atoms with Gasteiger partial charge in [0.25, 0.3) is 17.7 Å². The fourth-order valence-electron chi connectivity index (χ4n) is 6.87. The zero-order chi connectivity index (χ0) is 40.1. The predicted octanol–water partition coefficient (Wildman–Crippen LogP) is 10.1. The van der Waals surface area contributed by atoms with Crippen LogP contribution in [0.2, 0.25) is 18.1 Å². The number of hydroxylamine groups is 2. The smallest absolute Gasteiger partial charge is 0.335 e. The highest BCUT2D eigenvalue weighted by Gasteiger charge is 2.41. The van der Waals surface area contributed by atoms with Crippen LogP contribution in [-0.2, 0) is 30.2 Å². The number of halogens is 1. The van der Waals surface area contributed by atoms with Gasteiger partial charge in [0, 0.05) is 36.3 Å². The number of para-hydroxylation sites is 1. The van der Waals surface area contributed by atoms with Gasteiger partial charge >= 0.3 is 5.97 Å². The summed E-state index contributed by atoms with van der Waals surface area (Å²) in [6.45, 7) is 17.4. The lowest BCUT2D eigenvalue weighted by atomic mass is 9.94. The minimum atomic E-state index is -2.36. The summed E-state index contributed by atoms with van der Waals surface area (Å²) in [5, 5.41) is 3.58. The number of hydrogen-bond acceptors (Lipinski definition) is 6. The highest BCUT2D eigenvalue weighted by atomic mass is 28.4. The highest BCUT2D eigenvalue weighted by Crippen LogP contribution is 2.43. The summed E-state index contributed by atoms with van der Waals surface area (Å²) in [5.74, 6) is -2.36. The average Bonchev–Trinajstić information content (AvgIpc) is 3.64. The molecule has 11 heteroatoms. The lowest BCUT2D eigenvalue weighted by molar-refractivity contribution is -0.198. The molecule has 3 amide bonds. The van der Waals surface area contributed by atoms with Gasteiger partial charge in [-0.15, -0.1) is 5.06 Å². The number of imide groups is 1. The lowest BCUT2D eigenvalue weighted by Crippen LogP contribution is -2.45. The number of nitrogens with one attached hydrogen (secondary N) is 1. The van der Waals surface area contributed by atoms with E-state index < -0.39 is 32.2 Å². The lowest BCUT2D eigenvalue weighted by Gasteiger charge is -2.39.